The number of aliphatic carboxylic acids is 1. The number of nitrogens with two attached hydrogens (primary N) is 1. The Morgan fingerprint density at radius 1 is 1.28 bits per heavy atom. The Hall–Kier alpha value is -0.625. The van der Waals surface area contributed by atoms with Gasteiger partial charge in [0.15, 0.2) is 0 Å². The summed E-state index contributed by atoms with van der Waals surface area (Å²) in [4.78, 5) is 22.3. The van der Waals surface area contributed by atoms with E-state index in [4.69, 9.17) is 20.9 Å². The molecule has 0 rings (SSSR count). The second-order valence-corrected chi connectivity index (χ2v) is 4.26. The molecule has 1 unspecified atom stereocenters. The molecule has 0 amide bonds. The number of ketones is 1. The van der Waals surface area contributed by atoms with Crippen LogP contribution in [-0.4, -0.2) is 39.6 Å². The van der Waals surface area contributed by atoms with Crippen molar-refractivity contribution in [3.63, 3.8) is 0 Å². The van der Waals surface area contributed by atoms with Gasteiger partial charge in [0.2, 0.25) is 0 Å². The number of carbonyl (C=O) groups excluding carboxylic acids is 1. The van der Waals surface area contributed by atoms with Crippen LogP contribution >= 0.6 is 12.4 Å². The third-order valence-electron chi connectivity index (χ3n) is 2.67. The number of carboxylic acid groups (broad SMARTS) is 1. The van der Waals surface area contributed by atoms with Gasteiger partial charge in [-0.1, -0.05) is 19.8 Å². The molecule has 5 N–H and O–H groups in total. The minimum atomic E-state index is -1.53. The quantitative estimate of drug-likeness (QED) is 0.354. The second-order valence-electron chi connectivity index (χ2n) is 4.26. The van der Waals surface area contributed by atoms with Crippen molar-refractivity contribution in [3.05, 3.63) is 0 Å². The molecule has 0 saturated heterocycles. The smallest absolute Gasteiger partial charge is 0.451 e. The molecule has 1 atom stereocenters. The van der Waals surface area contributed by atoms with Crippen LogP contribution in [0.5, 0.6) is 0 Å². The summed E-state index contributed by atoms with van der Waals surface area (Å²) in [7, 11) is -1.38. The zero-order chi connectivity index (χ0) is 13.5. The van der Waals surface area contributed by atoms with Crippen LogP contribution in [0, 0.1) is 0 Å². The molecule has 18 heavy (non-hydrogen) atoms. The van der Waals surface area contributed by atoms with E-state index in [0.29, 0.717) is 12.8 Å². The minimum Gasteiger partial charge on any atom is -0.480 e. The van der Waals surface area contributed by atoms with Crippen molar-refractivity contribution in [1.29, 1.82) is 0 Å². The Balaban J connectivity index is 0. The molecule has 0 aliphatic carbocycles. The third kappa shape index (κ3) is 7.65. The molecule has 0 bridgehead atoms. The van der Waals surface area contributed by atoms with Gasteiger partial charge in [-0.05, 0) is 12.7 Å². The molecule has 0 heterocycles. The van der Waals surface area contributed by atoms with Crippen LogP contribution in [-0.2, 0) is 9.59 Å². The highest BCUT2D eigenvalue weighted by molar-refractivity contribution is 6.40. The fourth-order valence-corrected chi connectivity index (χ4v) is 1.52. The van der Waals surface area contributed by atoms with Gasteiger partial charge in [-0.2, -0.15) is 0 Å². The predicted octanol–water partition coefficient (Wildman–Crippen LogP) is 0.203. The molecular weight excluding hydrogens is 260 g/mol. The van der Waals surface area contributed by atoms with Gasteiger partial charge in [0, 0.05) is 12.8 Å². The van der Waals surface area contributed by atoms with E-state index in [0.717, 1.165) is 0 Å². The Bertz CT molecular complexity index is 277. The van der Waals surface area contributed by atoms with Crippen molar-refractivity contribution in [2.75, 3.05) is 0 Å². The lowest BCUT2D eigenvalue weighted by molar-refractivity contribution is -0.145. The average molecular weight is 282 g/mol. The number of carbonyl (C=O) groups is 2. The number of halogens is 1. The summed E-state index contributed by atoms with van der Waals surface area (Å²) >= 11 is 0. The molecule has 106 valence electrons. The van der Waals surface area contributed by atoms with Crippen molar-refractivity contribution in [2.24, 2.45) is 5.73 Å². The summed E-state index contributed by atoms with van der Waals surface area (Å²) in [6.07, 6.45) is 1.32. The Labute approximate surface area is 113 Å². The van der Waals surface area contributed by atoms with E-state index in [1.165, 1.54) is 0 Å². The van der Waals surface area contributed by atoms with Crippen molar-refractivity contribution in [2.45, 2.75) is 50.9 Å². The average Bonchev–Trinajstić information content (AvgIpc) is 2.23. The maximum Gasteiger partial charge on any atom is 0.451 e. The largest absolute Gasteiger partial charge is 0.480 e. The van der Waals surface area contributed by atoms with Gasteiger partial charge >= 0.3 is 13.1 Å². The molecule has 0 aliphatic heterocycles. The lowest BCUT2D eigenvalue weighted by atomic mass is 9.81. The van der Waals surface area contributed by atoms with Crippen LogP contribution < -0.4 is 5.73 Å². The molecule has 0 aromatic heterocycles. The van der Waals surface area contributed by atoms with E-state index in [1.54, 1.807) is 6.92 Å². The van der Waals surface area contributed by atoms with Crippen molar-refractivity contribution in [1.82, 2.24) is 0 Å². The third-order valence-corrected chi connectivity index (χ3v) is 2.67. The molecule has 0 spiro atoms. The number of hydrogen-bond acceptors (Lipinski definition) is 5. The molecule has 0 aliphatic rings. The number of carboxylic acids is 1. The number of hydrogen-bond donors (Lipinski definition) is 4. The Morgan fingerprint density at radius 2 is 1.83 bits per heavy atom. The Kier molecular flexibility index (Phi) is 10.2. The van der Waals surface area contributed by atoms with E-state index in [9.17, 15) is 9.59 Å². The van der Waals surface area contributed by atoms with E-state index >= 15 is 0 Å². The fraction of sp³-hybridized carbons (Fsp3) is 0.800. The van der Waals surface area contributed by atoms with Gasteiger partial charge in [0.1, 0.15) is 11.3 Å². The summed E-state index contributed by atoms with van der Waals surface area (Å²) in [5.41, 5.74) is 4.15. The first-order chi connectivity index (χ1) is 7.81. The van der Waals surface area contributed by atoms with Crippen LogP contribution in [0.25, 0.3) is 0 Å². The van der Waals surface area contributed by atoms with Crippen molar-refractivity contribution < 1.29 is 24.7 Å². The monoisotopic (exact) mass is 281 g/mol. The van der Waals surface area contributed by atoms with Crippen molar-refractivity contribution >= 4 is 31.3 Å². The van der Waals surface area contributed by atoms with Gasteiger partial charge in [0.25, 0.3) is 0 Å². The first-order valence-electron chi connectivity index (χ1n) is 5.72. The zero-order valence-corrected chi connectivity index (χ0v) is 11.3. The summed E-state index contributed by atoms with van der Waals surface area (Å²) in [5.74, 6) is -1.37. The van der Waals surface area contributed by atoms with Gasteiger partial charge in [-0.15, -0.1) is 12.4 Å². The fourth-order valence-electron chi connectivity index (χ4n) is 1.52. The summed E-state index contributed by atoms with van der Waals surface area (Å²) < 4.78 is 0. The molecule has 0 aromatic rings. The van der Waals surface area contributed by atoms with E-state index in [1.807, 2.05) is 0 Å². The topological polar surface area (TPSA) is 121 Å². The van der Waals surface area contributed by atoms with Crippen LogP contribution in [0.3, 0.4) is 0 Å². The van der Waals surface area contributed by atoms with Gasteiger partial charge in [-0.3, -0.25) is 9.59 Å². The molecule has 0 fully saturated rings. The molecule has 8 heteroatoms. The van der Waals surface area contributed by atoms with Crippen LogP contribution in [0.1, 0.15) is 39.0 Å². The second kappa shape index (κ2) is 9.32. The predicted molar refractivity (Wildman–Crippen MR) is 70.6 cm³/mol. The molecule has 6 nitrogen and oxygen atoms in total. The standard InChI is InChI=1S/C10H20BNO5.ClH/c1-2-8(13)7-10(12,9(14)15)5-3-4-6-11(16)17;/h16-17H,2-7,12H2,1H3,(H,14,15);1H. The summed E-state index contributed by atoms with van der Waals surface area (Å²) in [6, 6.07) is 0. The van der Waals surface area contributed by atoms with E-state index in [-0.39, 0.29) is 43.8 Å². The number of unbranched alkanes of at least 4 members (excludes halogenated alkanes) is 1. The first-order valence-corrected chi connectivity index (χ1v) is 5.72. The van der Waals surface area contributed by atoms with Crippen molar-refractivity contribution in [3.8, 4) is 0 Å². The lowest BCUT2D eigenvalue weighted by Crippen LogP contribution is -2.49. The summed E-state index contributed by atoms with van der Waals surface area (Å²) in [5, 5.41) is 26.3. The van der Waals surface area contributed by atoms with E-state index < -0.39 is 18.6 Å². The van der Waals surface area contributed by atoms with E-state index in [2.05, 4.69) is 0 Å². The molecule has 0 saturated carbocycles. The molecular formula is C10H21BClNO5. The number of Topliss-reactive ketones (excluding diaryl/α,β-unsaturated/α-hetero) is 1. The SMILES string of the molecule is CCC(=O)CC(N)(CCCCB(O)O)C(=O)O.Cl. The maximum absolute atomic E-state index is 11.2. The molecule has 0 aromatic carbocycles. The number of rotatable bonds is 9. The van der Waals surface area contributed by atoms with Crippen LogP contribution in [0.15, 0.2) is 0 Å². The zero-order valence-electron chi connectivity index (χ0n) is 10.5. The van der Waals surface area contributed by atoms with Crippen LogP contribution in [0.2, 0.25) is 6.32 Å². The Morgan fingerprint density at radius 3 is 2.22 bits per heavy atom. The van der Waals surface area contributed by atoms with Gasteiger partial charge < -0.3 is 20.9 Å². The highest BCUT2D eigenvalue weighted by Gasteiger charge is 2.35. The highest BCUT2D eigenvalue weighted by Crippen LogP contribution is 2.18. The first kappa shape index (κ1) is 19.7. The normalized spacial score (nSPS) is 13.3. The molecule has 0 radical (unpaired) electrons. The maximum atomic E-state index is 11.2. The van der Waals surface area contributed by atoms with Gasteiger partial charge in [0.05, 0.1) is 0 Å². The highest BCUT2D eigenvalue weighted by atomic mass is 35.5. The summed E-state index contributed by atoms with van der Waals surface area (Å²) in [6.45, 7) is 1.66. The van der Waals surface area contributed by atoms with Crippen LogP contribution in [0.4, 0.5) is 0 Å². The minimum absolute atomic E-state index is 0. The van der Waals surface area contributed by atoms with Gasteiger partial charge in [-0.25, -0.2) is 0 Å². The lowest BCUT2D eigenvalue weighted by Gasteiger charge is -2.23.